The molecule has 174 valence electrons. The summed E-state index contributed by atoms with van der Waals surface area (Å²) in [6, 6.07) is 7.51. The number of nitrogens with zero attached hydrogens (tertiary/aromatic N) is 3. The van der Waals surface area contributed by atoms with Crippen molar-refractivity contribution in [3.05, 3.63) is 53.6 Å². The Bertz CT molecular complexity index is 928. The van der Waals surface area contributed by atoms with Crippen molar-refractivity contribution in [2.75, 3.05) is 37.8 Å². The monoisotopic (exact) mass is 445 g/mol. The van der Waals surface area contributed by atoms with Crippen molar-refractivity contribution in [2.24, 2.45) is 0 Å². The molecule has 0 aliphatic rings. The molecular formula is C23H32FN5O3. The number of hydrogen-bond acceptors (Lipinski definition) is 5. The summed E-state index contributed by atoms with van der Waals surface area (Å²) in [4.78, 5) is 31.9. The molecule has 0 aliphatic heterocycles. The number of nitrogens with one attached hydrogen (secondary N) is 2. The average Bonchev–Trinajstić information content (AvgIpc) is 2.69. The van der Waals surface area contributed by atoms with Gasteiger partial charge in [-0.25, -0.2) is 14.0 Å². The Labute approximate surface area is 188 Å². The van der Waals surface area contributed by atoms with Gasteiger partial charge in [-0.1, -0.05) is 6.07 Å². The summed E-state index contributed by atoms with van der Waals surface area (Å²) in [5.41, 5.74) is 1.70. The van der Waals surface area contributed by atoms with E-state index in [-0.39, 0.29) is 11.8 Å². The van der Waals surface area contributed by atoms with Crippen molar-refractivity contribution in [3.8, 4) is 0 Å². The topological polar surface area (TPSA) is 86.8 Å². The maximum Gasteiger partial charge on any atom is 0.410 e. The highest BCUT2D eigenvalue weighted by Crippen LogP contribution is 2.18. The number of urea groups is 1. The number of benzene rings is 1. The molecule has 8 nitrogen and oxygen atoms in total. The maximum atomic E-state index is 14.2. The van der Waals surface area contributed by atoms with E-state index in [1.807, 2.05) is 39.6 Å². The Morgan fingerprint density at radius 2 is 1.81 bits per heavy atom. The Hall–Kier alpha value is -3.20. The van der Waals surface area contributed by atoms with Crippen LogP contribution in [-0.4, -0.2) is 59.7 Å². The SMILES string of the molecule is Cc1ccc(NC(=O)Nc2cc(CN(C)CCN(C)C(=O)OC(C)(C)C)ccc2F)cn1. The van der Waals surface area contributed by atoms with Gasteiger partial charge in [-0.05, 0) is 64.6 Å². The molecular weight excluding hydrogens is 413 g/mol. The molecule has 0 radical (unpaired) electrons. The van der Waals surface area contributed by atoms with Crippen LogP contribution in [0.1, 0.15) is 32.0 Å². The molecule has 1 heterocycles. The van der Waals surface area contributed by atoms with Crippen LogP contribution in [0.25, 0.3) is 0 Å². The molecule has 2 aromatic rings. The first-order valence-electron chi connectivity index (χ1n) is 10.3. The standard InChI is InChI=1S/C23H32FN5O3/c1-16-7-9-18(14-25-16)26-21(30)27-20-13-17(8-10-19(20)24)15-28(5)11-12-29(6)22(31)32-23(2,3)4/h7-10,13-14H,11-12,15H2,1-6H3,(H2,26,27,30). The van der Waals surface area contributed by atoms with Crippen molar-refractivity contribution >= 4 is 23.5 Å². The second-order valence-corrected chi connectivity index (χ2v) is 8.72. The van der Waals surface area contributed by atoms with Crippen molar-refractivity contribution in [1.29, 1.82) is 0 Å². The minimum atomic E-state index is -0.556. The summed E-state index contributed by atoms with van der Waals surface area (Å²) in [6.07, 6.45) is 1.15. The van der Waals surface area contributed by atoms with Gasteiger partial charge in [0.25, 0.3) is 0 Å². The number of likely N-dealkylation sites (N-methyl/N-ethyl adjacent to an activating group) is 2. The highest BCUT2D eigenvalue weighted by atomic mass is 19.1. The van der Waals surface area contributed by atoms with Crippen LogP contribution >= 0.6 is 0 Å². The molecule has 0 atom stereocenters. The molecule has 2 rings (SSSR count). The second-order valence-electron chi connectivity index (χ2n) is 8.72. The van der Waals surface area contributed by atoms with Crippen LogP contribution in [0.3, 0.4) is 0 Å². The fraction of sp³-hybridized carbons (Fsp3) is 0.435. The summed E-state index contributed by atoms with van der Waals surface area (Å²) < 4.78 is 19.6. The molecule has 0 bridgehead atoms. The van der Waals surface area contributed by atoms with Gasteiger partial charge in [0.15, 0.2) is 0 Å². The first-order valence-corrected chi connectivity index (χ1v) is 10.3. The third-order valence-corrected chi connectivity index (χ3v) is 4.42. The minimum absolute atomic E-state index is 0.0827. The number of anilines is 2. The van der Waals surface area contributed by atoms with Crippen molar-refractivity contribution in [1.82, 2.24) is 14.8 Å². The lowest BCUT2D eigenvalue weighted by atomic mass is 10.2. The second kappa shape index (κ2) is 10.9. The molecule has 0 fully saturated rings. The van der Waals surface area contributed by atoms with E-state index in [4.69, 9.17) is 4.74 Å². The van der Waals surface area contributed by atoms with Crippen LogP contribution < -0.4 is 10.6 Å². The Morgan fingerprint density at radius 1 is 1.09 bits per heavy atom. The van der Waals surface area contributed by atoms with Gasteiger partial charge < -0.3 is 25.2 Å². The summed E-state index contributed by atoms with van der Waals surface area (Å²) in [5.74, 6) is -0.529. The lowest BCUT2D eigenvalue weighted by molar-refractivity contribution is 0.0286. The lowest BCUT2D eigenvalue weighted by Crippen LogP contribution is -2.38. The van der Waals surface area contributed by atoms with Gasteiger partial charge >= 0.3 is 12.1 Å². The molecule has 0 unspecified atom stereocenters. The van der Waals surface area contributed by atoms with E-state index in [1.54, 1.807) is 31.3 Å². The number of hydrogen-bond donors (Lipinski definition) is 2. The van der Waals surface area contributed by atoms with Gasteiger partial charge in [-0.15, -0.1) is 0 Å². The minimum Gasteiger partial charge on any atom is -0.444 e. The number of carbonyl (C=O) groups is 2. The zero-order valence-corrected chi connectivity index (χ0v) is 19.5. The Kier molecular flexibility index (Phi) is 8.54. The average molecular weight is 446 g/mol. The molecule has 1 aromatic heterocycles. The van der Waals surface area contributed by atoms with Gasteiger partial charge in [0.2, 0.25) is 0 Å². The fourth-order valence-electron chi connectivity index (χ4n) is 2.74. The smallest absolute Gasteiger partial charge is 0.410 e. The third kappa shape index (κ3) is 8.50. The summed E-state index contributed by atoms with van der Waals surface area (Å²) in [7, 11) is 3.58. The van der Waals surface area contributed by atoms with Crippen LogP contribution in [0, 0.1) is 12.7 Å². The van der Waals surface area contributed by atoms with Gasteiger partial charge in [0.05, 0.1) is 17.6 Å². The predicted molar refractivity (Wildman–Crippen MR) is 123 cm³/mol. The fourth-order valence-corrected chi connectivity index (χ4v) is 2.74. The van der Waals surface area contributed by atoms with Crippen LogP contribution in [0.2, 0.25) is 0 Å². The zero-order chi connectivity index (χ0) is 23.9. The van der Waals surface area contributed by atoms with E-state index in [2.05, 4.69) is 15.6 Å². The number of halogens is 1. The van der Waals surface area contributed by atoms with E-state index < -0.39 is 17.4 Å². The number of aromatic nitrogens is 1. The van der Waals surface area contributed by atoms with Crippen LogP contribution in [-0.2, 0) is 11.3 Å². The van der Waals surface area contributed by atoms with Crippen LogP contribution in [0.15, 0.2) is 36.5 Å². The maximum absolute atomic E-state index is 14.2. The zero-order valence-electron chi connectivity index (χ0n) is 19.5. The number of pyridine rings is 1. The number of carbonyl (C=O) groups excluding carboxylic acids is 2. The van der Waals surface area contributed by atoms with E-state index in [0.717, 1.165) is 11.3 Å². The van der Waals surface area contributed by atoms with E-state index in [0.29, 0.717) is 25.3 Å². The summed E-state index contributed by atoms with van der Waals surface area (Å²) in [5, 5.41) is 5.16. The van der Waals surface area contributed by atoms with E-state index >= 15 is 0 Å². The largest absolute Gasteiger partial charge is 0.444 e. The Morgan fingerprint density at radius 3 is 2.44 bits per heavy atom. The highest BCUT2D eigenvalue weighted by Gasteiger charge is 2.19. The quantitative estimate of drug-likeness (QED) is 0.657. The third-order valence-electron chi connectivity index (χ3n) is 4.42. The van der Waals surface area contributed by atoms with Gasteiger partial charge in [0.1, 0.15) is 11.4 Å². The van der Waals surface area contributed by atoms with E-state index in [9.17, 15) is 14.0 Å². The number of rotatable bonds is 7. The summed E-state index contributed by atoms with van der Waals surface area (Å²) in [6.45, 7) is 8.90. The van der Waals surface area contributed by atoms with Crippen LogP contribution in [0.5, 0.6) is 0 Å². The molecule has 9 heteroatoms. The molecule has 0 saturated carbocycles. The number of aryl methyl sites for hydroxylation is 1. The molecule has 3 amide bonds. The first-order chi connectivity index (χ1) is 14.9. The normalized spacial score (nSPS) is 11.2. The van der Waals surface area contributed by atoms with Crippen molar-refractivity contribution < 1.29 is 18.7 Å². The molecule has 2 N–H and O–H groups in total. The van der Waals surface area contributed by atoms with Crippen molar-refractivity contribution in [3.63, 3.8) is 0 Å². The van der Waals surface area contributed by atoms with Crippen molar-refractivity contribution in [2.45, 2.75) is 39.8 Å². The molecule has 1 aromatic carbocycles. The summed E-state index contributed by atoms with van der Waals surface area (Å²) >= 11 is 0. The number of ether oxygens (including phenoxy) is 1. The Balaban J connectivity index is 1.90. The lowest BCUT2D eigenvalue weighted by Gasteiger charge is -2.26. The molecule has 0 saturated heterocycles. The first kappa shape index (κ1) is 25.1. The van der Waals surface area contributed by atoms with Gasteiger partial charge in [0, 0.05) is 32.4 Å². The molecule has 0 aliphatic carbocycles. The van der Waals surface area contributed by atoms with Crippen LogP contribution in [0.4, 0.5) is 25.4 Å². The number of amides is 3. The highest BCUT2D eigenvalue weighted by molar-refractivity contribution is 5.99. The van der Waals surface area contributed by atoms with E-state index in [1.165, 1.54) is 17.2 Å². The van der Waals surface area contributed by atoms with Gasteiger partial charge in [-0.2, -0.15) is 0 Å². The predicted octanol–water partition coefficient (Wildman–Crippen LogP) is 4.47. The van der Waals surface area contributed by atoms with Gasteiger partial charge in [-0.3, -0.25) is 4.98 Å². The molecule has 32 heavy (non-hydrogen) atoms. The molecule has 0 spiro atoms.